The predicted molar refractivity (Wildman–Crippen MR) is 89.0 cm³/mol. The standard InChI is InChI=1S/C17H15N3O4/c1-23-13-7-6-11(9-14(13)24-2)16(21)19-12-10-18-15-5-3-4-8-20(15)17(12)22/h3-10H,1-2H3,(H,19,21). The first-order chi connectivity index (χ1) is 11.6. The van der Waals surface area contributed by atoms with E-state index in [9.17, 15) is 9.59 Å². The van der Waals surface area contributed by atoms with E-state index in [2.05, 4.69) is 10.3 Å². The van der Waals surface area contributed by atoms with Gasteiger partial charge in [0, 0.05) is 11.8 Å². The van der Waals surface area contributed by atoms with Crippen molar-refractivity contribution in [2.24, 2.45) is 0 Å². The summed E-state index contributed by atoms with van der Waals surface area (Å²) in [6, 6.07) is 9.96. The Morgan fingerprint density at radius 2 is 1.92 bits per heavy atom. The minimum absolute atomic E-state index is 0.0958. The normalized spacial score (nSPS) is 10.4. The third-order valence-electron chi connectivity index (χ3n) is 3.51. The van der Waals surface area contributed by atoms with Crippen LogP contribution in [0.2, 0.25) is 0 Å². The smallest absolute Gasteiger partial charge is 0.281 e. The summed E-state index contributed by atoms with van der Waals surface area (Å²) in [5.74, 6) is 0.505. The molecule has 0 aliphatic carbocycles. The maximum absolute atomic E-state index is 12.4. The highest BCUT2D eigenvalue weighted by atomic mass is 16.5. The summed E-state index contributed by atoms with van der Waals surface area (Å²) in [5, 5.41) is 2.58. The van der Waals surface area contributed by atoms with Crippen LogP contribution in [0.3, 0.4) is 0 Å². The average molecular weight is 325 g/mol. The maximum Gasteiger partial charge on any atom is 0.281 e. The summed E-state index contributed by atoms with van der Waals surface area (Å²) >= 11 is 0. The highest BCUT2D eigenvalue weighted by Crippen LogP contribution is 2.27. The fraction of sp³-hybridized carbons (Fsp3) is 0.118. The number of ether oxygens (including phenoxy) is 2. The molecule has 7 heteroatoms. The molecule has 0 bridgehead atoms. The van der Waals surface area contributed by atoms with Crippen molar-refractivity contribution >= 4 is 17.2 Å². The molecule has 1 N–H and O–H groups in total. The quantitative estimate of drug-likeness (QED) is 0.793. The molecule has 7 nitrogen and oxygen atoms in total. The monoisotopic (exact) mass is 325 g/mol. The molecular formula is C17H15N3O4. The SMILES string of the molecule is COc1ccc(C(=O)Nc2cnc3ccccn3c2=O)cc1OC. The molecule has 0 radical (unpaired) electrons. The van der Waals surface area contributed by atoms with Crippen molar-refractivity contribution in [1.29, 1.82) is 0 Å². The lowest BCUT2D eigenvalue weighted by molar-refractivity contribution is 0.102. The molecule has 0 unspecified atom stereocenters. The molecule has 0 fully saturated rings. The van der Waals surface area contributed by atoms with E-state index < -0.39 is 5.91 Å². The maximum atomic E-state index is 12.4. The number of rotatable bonds is 4. The number of amides is 1. The molecule has 0 aliphatic heterocycles. The second-order valence-corrected chi connectivity index (χ2v) is 4.93. The zero-order chi connectivity index (χ0) is 17.1. The van der Waals surface area contributed by atoms with E-state index in [0.717, 1.165) is 0 Å². The van der Waals surface area contributed by atoms with Crippen LogP contribution in [0.5, 0.6) is 11.5 Å². The third kappa shape index (κ3) is 2.79. The van der Waals surface area contributed by atoms with Gasteiger partial charge in [0.25, 0.3) is 11.5 Å². The van der Waals surface area contributed by atoms with Crippen LogP contribution in [0.15, 0.2) is 53.6 Å². The van der Waals surface area contributed by atoms with E-state index in [0.29, 0.717) is 22.7 Å². The second kappa shape index (κ2) is 6.41. The molecule has 122 valence electrons. The van der Waals surface area contributed by atoms with Crippen LogP contribution >= 0.6 is 0 Å². The minimum Gasteiger partial charge on any atom is -0.493 e. The Hall–Kier alpha value is -3.35. The molecule has 3 aromatic rings. The zero-order valence-electron chi connectivity index (χ0n) is 13.1. The van der Waals surface area contributed by atoms with Gasteiger partial charge < -0.3 is 14.8 Å². The summed E-state index contributed by atoms with van der Waals surface area (Å²) in [6.45, 7) is 0. The summed E-state index contributed by atoms with van der Waals surface area (Å²) in [6.07, 6.45) is 2.94. The molecule has 0 spiro atoms. The number of anilines is 1. The van der Waals surface area contributed by atoms with Crippen molar-refractivity contribution < 1.29 is 14.3 Å². The largest absolute Gasteiger partial charge is 0.493 e. The van der Waals surface area contributed by atoms with Crippen LogP contribution in [0.25, 0.3) is 5.65 Å². The van der Waals surface area contributed by atoms with Gasteiger partial charge in [0.05, 0.1) is 20.4 Å². The number of nitrogens with zero attached hydrogens (tertiary/aromatic N) is 2. The third-order valence-corrected chi connectivity index (χ3v) is 3.51. The molecule has 24 heavy (non-hydrogen) atoms. The van der Waals surface area contributed by atoms with E-state index in [1.54, 1.807) is 42.6 Å². The molecule has 0 aliphatic rings. The lowest BCUT2D eigenvalue weighted by atomic mass is 10.2. The van der Waals surface area contributed by atoms with Gasteiger partial charge in [0.1, 0.15) is 11.3 Å². The number of benzene rings is 1. The fourth-order valence-electron chi connectivity index (χ4n) is 2.28. The van der Waals surface area contributed by atoms with Crippen molar-refractivity contribution in [2.75, 3.05) is 19.5 Å². The molecule has 3 rings (SSSR count). The van der Waals surface area contributed by atoms with Crippen LogP contribution in [0, 0.1) is 0 Å². The van der Waals surface area contributed by atoms with Crippen molar-refractivity contribution in [1.82, 2.24) is 9.38 Å². The average Bonchev–Trinajstić information content (AvgIpc) is 2.63. The first-order valence-corrected chi connectivity index (χ1v) is 7.14. The van der Waals surface area contributed by atoms with E-state index in [1.807, 2.05) is 0 Å². The number of aromatic nitrogens is 2. The van der Waals surface area contributed by atoms with E-state index in [-0.39, 0.29) is 11.2 Å². The number of nitrogens with one attached hydrogen (secondary N) is 1. The Balaban J connectivity index is 1.93. The van der Waals surface area contributed by atoms with Gasteiger partial charge in [-0.25, -0.2) is 4.98 Å². The Bertz CT molecular complexity index is 965. The highest BCUT2D eigenvalue weighted by Gasteiger charge is 2.13. The van der Waals surface area contributed by atoms with Gasteiger partial charge in [-0.2, -0.15) is 0 Å². The predicted octanol–water partition coefficient (Wildman–Crippen LogP) is 1.96. The van der Waals surface area contributed by atoms with Crippen molar-refractivity contribution in [2.45, 2.75) is 0 Å². The summed E-state index contributed by atoms with van der Waals surface area (Å²) in [7, 11) is 3.00. The number of carbonyl (C=O) groups is 1. The van der Waals surface area contributed by atoms with Crippen LogP contribution in [0.4, 0.5) is 5.69 Å². The number of carbonyl (C=O) groups excluding carboxylic acids is 1. The van der Waals surface area contributed by atoms with Gasteiger partial charge >= 0.3 is 0 Å². The minimum atomic E-state index is -0.439. The van der Waals surface area contributed by atoms with Gasteiger partial charge in [-0.3, -0.25) is 14.0 Å². The highest BCUT2D eigenvalue weighted by molar-refractivity contribution is 6.04. The van der Waals surface area contributed by atoms with Gasteiger partial charge in [-0.1, -0.05) is 6.07 Å². The Morgan fingerprint density at radius 1 is 1.12 bits per heavy atom. The topological polar surface area (TPSA) is 81.9 Å². The zero-order valence-corrected chi connectivity index (χ0v) is 13.1. The van der Waals surface area contributed by atoms with E-state index >= 15 is 0 Å². The molecule has 1 amide bonds. The van der Waals surface area contributed by atoms with E-state index in [1.165, 1.54) is 24.8 Å². The molecule has 2 heterocycles. The number of fused-ring (bicyclic) bond motifs is 1. The fourth-order valence-corrected chi connectivity index (χ4v) is 2.28. The van der Waals surface area contributed by atoms with Crippen molar-refractivity contribution in [3.63, 3.8) is 0 Å². The van der Waals surface area contributed by atoms with Crippen LogP contribution < -0.4 is 20.3 Å². The van der Waals surface area contributed by atoms with Gasteiger partial charge in [-0.05, 0) is 30.3 Å². The van der Waals surface area contributed by atoms with Crippen LogP contribution in [-0.2, 0) is 0 Å². The molecular weight excluding hydrogens is 310 g/mol. The molecule has 2 aromatic heterocycles. The number of pyridine rings is 1. The van der Waals surface area contributed by atoms with Crippen molar-refractivity contribution in [3.8, 4) is 11.5 Å². The second-order valence-electron chi connectivity index (χ2n) is 4.93. The molecule has 0 saturated carbocycles. The summed E-state index contributed by atoms with van der Waals surface area (Å²) in [5.41, 5.74) is 0.588. The summed E-state index contributed by atoms with van der Waals surface area (Å²) in [4.78, 5) is 28.9. The van der Waals surface area contributed by atoms with Crippen molar-refractivity contribution in [3.05, 3.63) is 64.7 Å². The van der Waals surface area contributed by atoms with Gasteiger partial charge in [0.15, 0.2) is 11.5 Å². The molecule has 0 atom stereocenters. The number of methoxy groups -OCH3 is 2. The Morgan fingerprint density at radius 3 is 2.67 bits per heavy atom. The van der Waals surface area contributed by atoms with E-state index in [4.69, 9.17) is 9.47 Å². The first-order valence-electron chi connectivity index (χ1n) is 7.14. The Kier molecular flexibility index (Phi) is 4.15. The van der Waals surface area contributed by atoms with Gasteiger partial charge in [-0.15, -0.1) is 0 Å². The first kappa shape index (κ1) is 15.5. The number of hydrogen-bond acceptors (Lipinski definition) is 5. The lowest BCUT2D eigenvalue weighted by Gasteiger charge is -2.10. The lowest BCUT2D eigenvalue weighted by Crippen LogP contribution is -2.23. The van der Waals surface area contributed by atoms with Gasteiger partial charge in [0.2, 0.25) is 0 Å². The summed E-state index contributed by atoms with van der Waals surface area (Å²) < 4.78 is 11.7. The number of hydrogen-bond donors (Lipinski definition) is 1. The van der Waals surface area contributed by atoms with Crippen LogP contribution in [0.1, 0.15) is 10.4 Å². The molecule has 1 aromatic carbocycles. The van der Waals surface area contributed by atoms with Crippen LogP contribution in [-0.4, -0.2) is 29.5 Å². The Labute approximate surface area is 137 Å². The molecule has 0 saturated heterocycles.